The molecule has 0 amide bonds. The second kappa shape index (κ2) is 5.48. The summed E-state index contributed by atoms with van der Waals surface area (Å²) in [4.78, 5) is 2.56. The van der Waals surface area contributed by atoms with Crippen LogP contribution in [0.4, 0.5) is 0 Å². The SMILES string of the molecule is COCCC1(CNC(C)(C)C)CN(C(C)(C)C)C1. The van der Waals surface area contributed by atoms with Gasteiger partial charge in [-0.2, -0.15) is 0 Å². The zero-order chi connectivity index (χ0) is 14.0. The molecule has 0 saturated carbocycles. The lowest BCUT2D eigenvalue weighted by atomic mass is 9.74. The molecule has 0 aromatic heterocycles. The van der Waals surface area contributed by atoms with E-state index in [1.54, 1.807) is 7.11 Å². The lowest BCUT2D eigenvalue weighted by Gasteiger charge is -2.56. The van der Waals surface area contributed by atoms with Crippen LogP contribution in [-0.2, 0) is 4.74 Å². The third-order valence-electron chi connectivity index (χ3n) is 3.83. The highest BCUT2D eigenvalue weighted by atomic mass is 16.5. The Labute approximate surface area is 113 Å². The van der Waals surface area contributed by atoms with Gasteiger partial charge in [0, 0.05) is 49.8 Å². The molecule has 3 heteroatoms. The van der Waals surface area contributed by atoms with Crippen molar-refractivity contribution in [3.05, 3.63) is 0 Å². The van der Waals surface area contributed by atoms with E-state index in [2.05, 4.69) is 51.8 Å². The molecular weight excluding hydrogens is 224 g/mol. The van der Waals surface area contributed by atoms with Gasteiger partial charge in [0.15, 0.2) is 0 Å². The van der Waals surface area contributed by atoms with Gasteiger partial charge in [-0.25, -0.2) is 0 Å². The maximum Gasteiger partial charge on any atom is 0.0469 e. The fourth-order valence-corrected chi connectivity index (χ4v) is 2.37. The van der Waals surface area contributed by atoms with Gasteiger partial charge in [0.05, 0.1) is 0 Å². The fraction of sp³-hybridized carbons (Fsp3) is 1.00. The first-order chi connectivity index (χ1) is 8.08. The third kappa shape index (κ3) is 4.52. The second-order valence-corrected chi connectivity index (χ2v) is 7.87. The van der Waals surface area contributed by atoms with E-state index in [-0.39, 0.29) is 11.1 Å². The Morgan fingerprint density at radius 3 is 2.06 bits per heavy atom. The van der Waals surface area contributed by atoms with E-state index < -0.39 is 0 Å². The van der Waals surface area contributed by atoms with Gasteiger partial charge in [0.1, 0.15) is 0 Å². The predicted octanol–water partition coefficient (Wildman–Crippen LogP) is 2.51. The molecule has 1 fully saturated rings. The molecule has 1 saturated heterocycles. The van der Waals surface area contributed by atoms with Crippen LogP contribution >= 0.6 is 0 Å². The molecule has 3 nitrogen and oxygen atoms in total. The van der Waals surface area contributed by atoms with Crippen LogP contribution in [0.25, 0.3) is 0 Å². The van der Waals surface area contributed by atoms with Gasteiger partial charge in [-0.3, -0.25) is 4.90 Å². The first-order valence-corrected chi connectivity index (χ1v) is 7.07. The van der Waals surface area contributed by atoms with Gasteiger partial charge < -0.3 is 10.1 Å². The van der Waals surface area contributed by atoms with E-state index in [0.29, 0.717) is 5.41 Å². The first-order valence-electron chi connectivity index (χ1n) is 7.07. The lowest BCUT2D eigenvalue weighted by Crippen LogP contribution is -2.66. The van der Waals surface area contributed by atoms with E-state index in [1.165, 1.54) is 13.1 Å². The smallest absolute Gasteiger partial charge is 0.0469 e. The molecule has 1 rings (SSSR count). The molecule has 0 aromatic carbocycles. The summed E-state index contributed by atoms with van der Waals surface area (Å²) in [5, 5.41) is 3.66. The van der Waals surface area contributed by atoms with Crippen LogP contribution in [0.1, 0.15) is 48.0 Å². The van der Waals surface area contributed by atoms with Crippen LogP contribution in [0.5, 0.6) is 0 Å². The summed E-state index contributed by atoms with van der Waals surface area (Å²) in [6, 6.07) is 0. The highest BCUT2D eigenvalue weighted by molar-refractivity contribution is 5.01. The minimum absolute atomic E-state index is 0.197. The molecule has 1 aliphatic heterocycles. The van der Waals surface area contributed by atoms with Crippen molar-refractivity contribution in [3.8, 4) is 0 Å². The molecule has 108 valence electrons. The van der Waals surface area contributed by atoms with Crippen molar-refractivity contribution >= 4 is 0 Å². The Balaban J connectivity index is 2.53. The number of ether oxygens (including phenoxy) is 1. The van der Waals surface area contributed by atoms with E-state index in [4.69, 9.17) is 4.74 Å². The quantitative estimate of drug-likeness (QED) is 0.818. The van der Waals surface area contributed by atoms with Gasteiger partial charge in [0.2, 0.25) is 0 Å². The Kier molecular flexibility index (Phi) is 4.85. The van der Waals surface area contributed by atoms with Gasteiger partial charge in [-0.05, 0) is 48.0 Å². The molecule has 0 aromatic rings. The highest BCUT2D eigenvalue weighted by Gasteiger charge is 2.46. The van der Waals surface area contributed by atoms with Crippen molar-refractivity contribution < 1.29 is 4.74 Å². The monoisotopic (exact) mass is 256 g/mol. The molecule has 0 atom stereocenters. The highest BCUT2D eigenvalue weighted by Crippen LogP contribution is 2.38. The van der Waals surface area contributed by atoms with Crippen molar-refractivity contribution in [2.24, 2.45) is 5.41 Å². The average molecular weight is 256 g/mol. The second-order valence-electron chi connectivity index (χ2n) is 7.87. The summed E-state index contributed by atoms with van der Waals surface area (Å²) in [5.41, 5.74) is 0.886. The van der Waals surface area contributed by atoms with Crippen LogP contribution in [-0.4, -0.2) is 49.3 Å². The lowest BCUT2D eigenvalue weighted by molar-refractivity contribution is -0.0735. The van der Waals surface area contributed by atoms with Gasteiger partial charge >= 0.3 is 0 Å². The van der Waals surface area contributed by atoms with Crippen molar-refractivity contribution in [2.75, 3.05) is 33.4 Å². The average Bonchev–Trinajstić information content (AvgIpc) is 2.11. The Bertz CT molecular complexity index is 251. The molecule has 0 aliphatic carbocycles. The first kappa shape index (κ1) is 15.9. The van der Waals surface area contributed by atoms with Crippen LogP contribution in [0, 0.1) is 5.41 Å². The molecule has 0 spiro atoms. The number of rotatable bonds is 5. The number of methoxy groups -OCH3 is 1. The van der Waals surface area contributed by atoms with Gasteiger partial charge in [0.25, 0.3) is 0 Å². The number of nitrogens with one attached hydrogen (secondary N) is 1. The van der Waals surface area contributed by atoms with Gasteiger partial charge in [-0.1, -0.05) is 0 Å². The van der Waals surface area contributed by atoms with Crippen LogP contribution in [0.15, 0.2) is 0 Å². The molecule has 0 bridgehead atoms. The minimum atomic E-state index is 0.197. The molecule has 1 aliphatic rings. The standard InChI is InChI=1S/C15H32N2O/c1-13(2,3)16-10-15(8-9-18-7)11-17(12-15)14(4,5)6/h16H,8-12H2,1-7H3. The van der Waals surface area contributed by atoms with Crippen LogP contribution in [0.2, 0.25) is 0 Å². The van der Waals surface area contributed by atoms with E-state index in [0.717, 1.165) is 19.6 Å². The summed E-state index contributed by atoms with van der Waals surface area (Å²) >= 11 is 0. The van der Waals surface area contributed by atoms with E-state index >= 15 is 0 Å². The summed E-state index contributed by atoms with van der Waals surface area (Å²) in [7, 11) is 1.80. The zero-order valence-electron chi connectivity index (χ0n) is 13.4. The molecular formula is C15H32N2O. The summed E-state index contributed by atoms with van der Waals surface area (Å²) < 4.78 is 5.28. The summed E-state index contributed by atoms with van der Waals surface area (Å²) in [6.07, 6.45) is 1.15. The Morgan fingerprint density at radius 1 is 1.11 bits per heavy atom. The minimum Gasteiger partial charge on any atom is -0.385 e. The zero-order valence-corrected chi connectivity index (χ0v) is 13.4. The van der Waals surface area contributed by atoms with Crippen molar-refractivity contribution in [2.45, 2.75) is 59.0 Å². The van der Waals surface area contributed by atoms with Crippen LogP contribution in [0.3, 0.4) is 0 Å². The van der Waals surface area contributed by atoms with Gasteiger partial charge in [-0.15, -0.1) is 0 Å². The maximum atomic E-state index is 5.28. The van der Waals surface area contributed by atoms with Crippen molar-refractivity contribution in [3.63, 3.8) is 0 Å². The fourth-order valence-electron chi connectivity index (χ4n) is 2.37. The molecule has 0 unspecified atom stereocenters. The number of likely N-dealkylation sites (tertiary alicyclic amines) is 1. The van der Waals surface area contributed by atoms with Crippen LogP contribution < -0.4 is 5.32 Å². The van der Waals surface area contributed by atoms with Crippen molar-refractivity contribution in [1.29, 1.82) is 0 Å². The predicted molar refractivity (Wildman–Crippen MR) is 78.0 cm³/mol. The van der Waals surface area contributed by atoms with Crippen molar-refractivity contribution in [1.82, 2.24) is 10.2 Å². The number of hydrogen-bond acceptors (Lipinski definition) is 3. The maximum absolute atomic E-state index is 5.28. The summed E-state index contributed by atoms with van der Waals surface area (Å²) in [6.45, 7) is 17.9. The molecule has 1 heterocycles. The molecule has 18 heavy (non-hydrogen) atoms. The summed E-state index contributed by atoms with van der Waals surface area (Å²) in [5.74, 6) is 0. The Morgan fingerprint density at radius 2 is 1.67 bits per heavy atom. The normalized spacial score (nSPS) is 20.8. The van der Waals surface area contributed by atoms with E-state index in [1.807, 2.05) is 0 Å². The number of hydrogen-bond donors (Lipinski definition) is 1. The largest absolute Gasteiger partial charge is 0.385 e. The Hall–Kier alpha value is -0.120. The molecule has 0 radical (unpaired) electrons. The molecule has 1 N–H and O–H groups in total. The third-order valence-corrected chi connectivity index (χ3v) is 3.83. The van der Waals surface area contributed by atoms with E-state index in [9.17, 15) is 0 Å². The number of nitrogens with zero attached hydrogens (tertiary/aromatic N) is 1. The topological polar surface area (TPSA) is 24.5 Å².